The number of anilines is 1. The summed E-state index contributed by atoms with van der Waals surface area (Å²) in [6.45, 7) is 4.54. The second kappa shape index (κ2) is 4.46. The second-order valence-corrected chi connectivity index (χ2v) is 6.69. The fraction of sp³-hybridized carbons (Fsp3) is 0.500. The van der Waals surface area contributed by atoms with Crippen molar-refractivity contribution < 1.29 is 0 Å². The molecule has 22 heavy (non-hydrogen) atoms. The standard InChI is InChI=1S/C16H20N6/c1-2-6-22-9-13(18-14(22)3-1)19-15-17-10-16(20-15)11-21-7-4-12(16)5-8-21/h1-3,6,9,12H,4-5,7-8,10-11H2,(H2,17,19,20). The van der Waals surface area contributed by atoms with Crippen LogP contribution in [0.25, 0.3) is 5.65 Å². The van der Waals surface area contributed by atoms with Crippen molar-refractivity contribution in [3.63, 3.8) is 0 Å². The summed E-state index contributed by atoms with van der Waals surface area (Å²) in [5, 5.41) is 6.81. The molecule has 2 bridgehead atoms. The van der Waals surface area contributed by atoms with Gasteiger partial charge in [0.05, 0.1) is 11.7 Å². The van der Waals surface area contributed by atoms with Gasteiger partial charge in [0.25, 0.3) is 0 Å². The Bertz CT molecular complexity index is 709. The van der Waals surface area contributed by atoms with Crippen molar-refractivity contribution >= 4 is 17.4 Å². The number of hydrogen-bond donors (Lipinski definition) is 2. The third kappa shape index (κ3) is 1.83. The first-order valence-corrected chi connectivity index (χ1v) is 8.08. The van der Waals surface area contributed by atoms with E-state index in [0.717, 1.165) is 36.4 Å². The molecule has 6 rings (SSSR count). The summed E-state index contributed by atoms with van der Waals surface area (Å²) in [5.74, 6) is 2.44. The number of aromatic nitrogens is 2. The summed E-state index contributed by atoms with van der Waals surface area (Å²) in [6, 6.07) is 6.01. The van der Waals surface area contributed by atoms with Crippen LogP contribution < -0.4 is 10.6 Å². The molecule has 4 aliphatic heterocycles. The van der Waals surface area contributed by atoms with Crippen molar-refractivity contribution in [2.24, 2.45) is 10.9 Å². The summed E-state index contributed by atoms with van der Waals surface area (Å²) >= 11 is 0. The van der Waals surface area contributed by atoms with Gasteiger partial charge in [0, 0.05) is 19.3 Å². The number of pyridine rings is 1. The Morgan fingerprint density at radius 2 is 2.18 bits per heavy atom. The first-order chi connectivity index (χ1) is 10.8. The van der Waals surface area contributed by atoms with E-state index in [4.69, 9.17) is 4.99 Å². The monoisotopic (exact) mass is 296 g/mol. The van der Waals surface area contributed by atoms with Gasteiger partial charge in [-0.25, -0.2) is 9.98 Å². The van der Waals surface area contributed by atoms with Crippen molar-refractivity contribution in [2.75, 3.05) is 31.5 Å². The molecular weight excluding hydrogens is 276 g/mol. The van der Waals surface area contributed by atoms with E-state index in [0.29, 0.717) is 0 Å². The Labute approximate surface area is 129 Å². The van der Waals surface area contributed by atoms with Crippen LogP contribution in [0.3, 0.4) is 0 Å². The molecule has 1 unspecified atom stereocenters. The van der Waals surface area contributed by atoms with Gasteiger partial charge >= 0.3 is 0 Å². The number of guanidine groups is 1. The molecule has 0 radical (unpaired) electrons. The van der Waals surface area contributed by atoms with Gasteiger partial charge in [-0.15, -0.1) is 0 Å². The molecular formula is C16H20N6. The number of fused-ring (bicyclic) bond motifs is 3. The van der Waals surface area contributed by atoms with Crippen LogP contribution in [-0.4, -0.2) is 52.0 Å². The van der Waals surface area contributed by atoms with Crippen molar-refractivity contribution in [3.05, 3.63) is 30.6 Å². The van der Waals surface area contributed by atoms with Crippen molar-refractivity contribution in [1.82, 2.24) is 19.6 Å². The largest absolute Gasteiger partial charge is 0.354 e. The number of nitrogens with zero attached hydrogens (tertiary/aromatic N) is 4. The van der Waals surface area contributed by atoms with Gasteiger partial charge in [-0.05, 0) is 44.0 Å². The molecule has 2 aromatic rings. The Kier molecular flexibility index (Phi) is 2.52. The molecule has 1 spiro atoms. The normalized spacial score (nSPS) is 33.2. The second-order valence-electron chi connectivity index (χ2n) is 6.69. The van der Waals surface area contributed by atoms with Crippen LogP contribution in [0.4, 0.5) is 5.82 Å². The lowest BCUT2D eigenvalue weighted by molar-refractivity contribution is 0.0374. The quantitative estimate of drug-likeness (QED) is 0.829. The number of piperidine rings is 3. The van der Waals surface area contributed by atoms with Crippen molar-refractivity contribution in [1.29, 1.82) is 0 Å². The zero-order chi connectivity index (χ0) is 14.6. The topological polar surface area (TPSA) is 57.0 Å². The summed E-state index contributed by atoms with van der Waals surface area (Å²) < 4.78 is 2.02. The minimum absolute atomic E-state index is 0.0813. The highest BCUT2D eigenvalue weighted by molar-refractivity contribution is 5.94. The third-order valence-electron chi connectivity index (χ3n) is 5.35. The van der Waals surface area contributed by atoms with Gasteiger partial charge in [-0.3, -0.25) is 0 Å². The number of rotatable bonds is 1. The highest BCUT2D eigenvalue weighted by atomic mass is 15.3. The van der Waals surface area contributed by atoms with E-state index in [1.807, 2.05) is 35.0 Å². The Morgan fingerprint density at radius 3 is 2.95 bits per heavy atom. The smallest absolute Gasteiger partial charge is 0.197 e. The predicted octanol–water partition coefficient (Wildman–Crippen LogP) is 1.17. The van der Waals surface area contributed by atoms with E-state index < -0.39 is 0 Å². The van der Waals surface area contributed by atoms with E-state index in [9.17, 15) is 0 Å². The SMILES string of the molecule is c1ccn2cc(NC3=NC4(CN3)CN3CCC4CC3)nc2c1. The minimum Gasteiger partial charge on any atom is -0.354 e. The molecule has 6 heteroatoms. The molecule has 0 aromatic carbocycles. The van der Waals surface area contributed by atoms with Crippen LogP contribution in [0.1, 0.15) is 12.8 Å². The summed E-state index contributed by atoms with van der Waals surface area (Å²) in [6.07, 6.45) is 6.58. The Balaban J connectivity index is 1.41. The van der Waals surface area contributed by atoms with Crippen molar-refractivity contribution in [2.45, 2.75) is 18.4 Å². The summed E-state index contributed by atoms with van der Waals surface area (Å²) in [7, 11) is 0. The van der Waals surface area contributed by atoms with Crippen LogP contribution in [-0.2, 0) is 0 Å². The minimum atomic E-state index is 0.0813. The van der Waals surface area contributed by atoms with Crippen LogP contribution in [0.2, 0.25) is 0 Å². The maximum absolute atomic E-state index is 5.03. The first kappa shape index (κ1) is 12.5. The molecule has 4 aliphatic rings. The van der Waals surface area contributed by atoms with E-state index in [1.165, 1.54) is 25.9 Å². The van der Waals surface area contributed by atoms with Gasteiger partial charge in [0.2, 0.25) is 0 Å². The van der Waals surface area contributed by atoms with E-state index in [2.05, 4.69) is 20.5 Å². The molecule has 0 saturated carbocycles. The Hall–Kier alpha value is -2.08. The highest BCUT2D eigenvalue weighted by Gasteiger charge is 2.49. The average Bonchev–Trinajstić information content (AvgIpc) is 3.12. The fourth-order valence-electron chi connectivity index (χ4n) is 4.20. The molecule has 6 heterocycles. The highest BCUT2D eigenvalue weighted by Crippen LogP contribution is 2.39. The first-order valence-electron chi connectivity index (χ1n) is 8.08. The maximum atomic E-state index is 5.03. The van der Waals surface area contributed by atoms with E-state index in [1.54, 1.807) is 0 Å². The molecule has 0 aliphatic carbocycles. The molecule has 1 atom stereocenters. The molecule has 114 valence electrons. The number of aliphatic imine (C=N–C) groups is 1. The molecule has 2 N–H and O–H groups in total. The molecule has 3 saturated heterocycles. The molecule has 0 amide bonds. The Morgan fingerprint density at radius 1 is 1.27 bits per heavy atom. The average molecular weight is 296 g/mol. The predicted molar refractivity (Wildman–Crippen MR) is 86.1 cm³/mol. The van der Waals surface area contributed by atoms with Gasteiger partial charge in [0.15, 0.2) is 11.8 Å². The molecule has 2 aromatic heterocycles. The van der Waals surface area contributed by atoms with Gasteiger partial charge in [-0.2, -0.15) is 0 Å². The van der Waals surface area contributed by atoms with Crippen LogP contribution in [0.15, 0.2) is 35.6 Å². The number of nitrogens with one attached hydrogen (secondary N) is 2. The lowest BCUT2D eigenvalue weighted by atomic mass is 9.73. The van der Waals surface area contributed by atoms with Gasteiger partial charge in [0.1, 0.15) is 5.65 Å². The number of imidazole rings is 1. The molecule has 3 fully saturated rings. The zero-order valence-corrected chi connectivity index (χ0v) is 12.5. The lowest BCUT2D eigenvalue weighted by Crippen LogP contribution is -2.59. The third-order valence-corrected chi connectivity index (χ3v) is 5.35. The zero-order valence-electron chi connectivity index (χ0n) is 12.5. The summed E-state index contributed by atoms with van der Waals surface area (Å²) in [4.78, 5) is 12.2. The maximum Gasteiger partial charge on any atom is 0.197 e. The fourth-order valence-corrected chi connectivity index (χ4v) is 4.20. The molecule has 6 nitrogen and oxygen atoms in total. The van der Waals surface area contributed by atoms with E-state index >= 15 is 0 Å². The van der Waals surface area contributed by atoms with Crippen LogP contribution >= 0.6 is 0 Å². The van der Waals surface area contributed by atoms with Crippen LogP contribution in [0.5, 0.6) is 0 Å². The number of hydrogen-bond acceptors (Lipinski definition) is 5. The van der Waals surface area contributed by atoms with Gasteiger partial charge in [-0.1, -0.05) is 6.07 Å². The lowest BCUT2D eigenvalue weighted by Gasteiger charge is -2.49. The summed E-state index contributed by atoms with van der Waals surface area (Å²) in [5.41, 5.74) is 1.03. The van der Waals surface area contributed by atoms with Gasteiger partial charge < -0.3 is 19.9 Å². The van der Waals surface area contributed by atoms with Crippen molar-refractivity contribution in [3.8, 4) is 0 Å². The van der Waals surface area contributed by atoms with Crippen LogP contribution in [0, 0.1) is 5.92 Å². The van der Waals surface area contributed by atoms with E-state index in [-0.39, 0.29) is 5.54 Å².